The van der Waals surface area contributed by atoms with Gasteiger partial charge >= 0.3 is 6.09 Å². The highest BCUT2D eigenvalue weighted by Crippen LogP contribution is 2.35. The Hall–Kier alpha value is -7.43. The number of hydrogen-bond donors (Lipinski definition) is 5. The van der Waals surface area contributed by atoms with Crippen molar-refractivity contribution < 1.29 is 24.3 Å². The summed E-state index contributed by atoms with van der Waals surface area (Å²) >= 11 is 0. The molecular weight excluding hydrogens is 789 g/mol. The second-order valence-corrected chi connectivity index (χ2v) is 16.2. The Labute approximate surface area is 356 Å². The van der Waals surface area contributed by atoms with E-state index in [0.29, 0.717) is 30.3 Å². The third-order valence-corrected chi connectivity index (χ3v) is 12.0. The van der Waals surface area contributed by atoms with Crippen LogP contribution in [0.3, 0.4) is 0 Å². The molecule has 4 aromatic heterocycles. The first-order valence-electron chi connectivity index (χ1n) is 20.8. The smallest absolute Gasteiger partial charge is 0.407 e. The number of fused-ring (bicyclic) bond motifs is 2. The molecule has 5 N–H and O–H groups in total. The van der Waals surface area contributed by atoms with Crippen LogP contribution in [0.15, 0.2) is 85.6 Å². The second kappa shape index (κ2) is 16.6. The molecule has 2 aliphatic heterocycles. The quantitative estimate of drug-likeness (QED) is 0.0972. The summed E-state index contributed by atoms with van der Waals surface area (Å²) < 4.78 is 0. The van der Waals surface area contributed by atoms with E-state index < -0.39 is 12.1 Å². The number of carbonyl (C=O) groups excluding carboxylic acids is 3. The van der Waals surface area contributed by atoms with Gasteiger partial charge in [0, 0.05) is 36.8 Å². The maximum absolute atomic E-state index is 13.6. The number of nitrogens with zero attached hydrogens (tertiary/aromatic N) is 8. The van der Waals surface area contributed by atoms with Crippen LogP contribution >= 0.6 is 0 Å². The monoisotopic (exact) mass is 834 g/mol. The predicted molar refractivity (Wildman–Crippen MR) is 230 cm³/mol. The molecule has 6 heterocycles. The van der Waals surface area contributed by atoms with Crippen LogP contribution in [0.5, 0.6) is 0 Å². The molecule has 0 aliphatic carbocycles. The molecule has 17 nitrogen and oxygen atoms in total. The topological polar surface area (TPSA) is 222 Å². The number of H-pyrrole nitrogens is 3. The molecule has 0 bridgehead atoms. The van der Waals surface area contributed by atoms with Gasteiger partial charge in [0.2, 0.25) is 11.8 Å². The zero-order valence-corrected chi connectivity index (χ0v) is 34.5. The standard InChI is InChI=1S/C45H46N12O5/c1-25(2)40(55(3)45(61)62)44(60)57-17-5-7-38(57)42-47-21-35(53-42)27-10-8-26(9-11-27)34-20-46-33-18-28(12-15-31(33)52-34)36-22-48-41(54-36)37-6-4-16-56(37)39(58)23-49-43(59)29-13-14-30-32(19-29)51-24-50-30/h8-15,18-22,24-25,37-38,40H,4-7,16-17,23H2,1-3H3,(H,47,53)(H,48,54)(H,49,59)(H,50,51)(H,61,62)/t37-,38-,40-/m0/s1. The highest BCUT2D eigenvalue weighted by atomic mass is 16.4. The molecule has 4 amide bonds. The van der Waals surface area contributed by atoms with Crippen molar-refractivity contribution in [3.63, 3.8) is 0 Å². The van der Waals surface area contributed by atoms with Gasteiger partial charge in [-0.2, -0.15) is 0 Å². The van der Waals surface area contributed by atoms with Crippen LogP contribution in [0.25, 0.3) is 55.8 Å². The summed E-state index contributed by atoms with van der Waals surface area (Å²) in [5, 5.41) is 12.4. The van der Waals surface area contributed by atoms with Gasteiger partial charge in [-0.25, -0.2) is 24.7 Å². The van der Waals surface area contributed by atoms with Gasteiger partial charge in [-0.15, -0.1) is 0 Å². The first-order valence-corrected chi connectivity index (χ1v) is 20.8. The van der Waals surface area contributed by atoms with E-state index in [2.05, 4.69) is 35.2 Å². The molecule has 3 aromatic carbocycles. The van der Waals surface area contributed by atoms with Crippen molar-refractivity contribution in [3.05, 3.63) is 103 Å². The normalized spacial score (nSPS) is 17.0. The van der Waals surface area contributed by atoms with Crippen molar-refractivity contribution in [1.82, 2.24) is 59.9 Å². The van der Waals surface area contributed by atoms with Crippen LogP contribution < -0.4 is 5.32 Å². The van der Waals surface area contributed by atoms with Crippen LogP contribution in [-0.2, 0) is 9.59 Å². The first-order chi connectivity index (χ1) is 30.0. The Morgan fingerprint density at radius 1 is 0.774 bits per heavy atom. The lowest BCUT2D eigenvalue weighted by molar-refractivity contribution is -0.138. The molecule has 3 atom stereocenters. The van der Waals surface area contributed by atoms with E-state index in [1.165, 1.54) is 7.05 Å². The Morgan fingerprint density at radius 2 is 1.42 bits per heavy atom. The zero-order valence-electron chi connectivity index (χ0n) is 34.5. The SMILES string of the molecule is CC(C)[C@@H](C(=O)N1CCC[C@H]1c1ncc(-c2ccc(-c3cnc4cc(-c5cnc([C@@H]6CCCN6C(=O)CNC(=O)c6ccc7nc[nH]c7c6)[nH]5)ccc4n3)cc2)[nH]1)N(C)C(=O)O. The number of likely N-dealkylation sites (tertiary alicyclic amines) is 2. The molecule has 2 saturated heterocycles. The molecule has 0 unspecified atom stereocenters. The summed E-state index contributed by atoms with van der Waals surface area (Å²) in [4.78, 5) is 89.2. The van der Waals surface area contributed by atoms with Crippen molar-refractivity contribution in [3.8, 4) is 33.8 Å². The Morgan fingerprint density at radius 3 is 2.13 bits per heavy atom. The van der Waals surface area contributed by atoms with E-state index in [-0.39, 0.29) is 42.3 Å². The second-order valence-electron chi connectivity index (χ2n) is 16.2. The third-order valence-electron chi connectivity index (χ3n) is 12.0. The molecule has 0 saturated carbocycles. The van der Waals surface area contributed by atoms with Crippen LogP contribution in [-0.4, -0.2) is 116 Å². The van der Waals surface area contributed by atoms with Gasteiger partial charge in [-0.3, -0.25) is 24.3 Å². The number of hydrogen-bond acceptors (Lipinski definition) is 9. The van der Waals surface area contributed by atoms with E-state index in [4.69, 9.17) is 9.97 Å². The summed E-state index contributed by atoms with van der Waals surface area (Å²) in [7, 11) is 1.44. The minimum atomic E-state index is -1.13. The summed E-state index contributed by atoms with van der Waals surface area (Å²) in [6.45, 7) is 4.72. The highest BCUT2D eigenvalue weighted by molar-refractivity contribution is 5.99. The number of likely N-dealkylation sites (N-methyl/N-ethyl adjacent to an activating group) is 1. The molecule has 0 radical (unpaired) electrons. The van der Waals surface area contributed by atoms with Crippen molar-refractivity contribution in [2.75, 3.05) is 26.7 Å². The number of amides is 4. The van der Waals surface area contributed by atoms with E-state index in [0.717, 1.165) is 86.4 Å². The lowest BCUT2D eigenvalue weighted by Gasteiger charge is -2.33. The van der Waals surface area contributed by atoms with Crippen LogP contribution in [0.4, 0.5) is 4.79 Å². The molecule has 17 heteroatoms. The molecule has 316 valence electrons. The Bertz CT molecular complexity index is 2810. The maximum atomic E-state index is 13.6. The molecule has 2 aliphatic rings. The van der Waals surface area contributed by atoms with Crippen LogP contribution in [0.1, 0.15) is 73.6 Å². The molecule has 7 aromatic rings. The van der Waals surface area contributed by atoms with E-state index in [1.807, 2.05) is 56.3 Å². The third kappa shape index (κ3) is 7.72. The van der Waals surface area contributed by atoms with E-state index in [9.17, 15) is 24.3 Å². The molecular formula is C45H46N12O5. The van der Waals surface area contributed by atoms with Gasteiger partial charge in [0.1, 0.15) is 17.7 Å². The van der Waals surface area contributed by atoms with Gasteiger partial charge in [0.15, 0.2) is 0 Å². The van der Waals surface area contributed by atoms with Gasteiger partial charge in [-0.1, -0.05) is 44.2 Å². The number of carbonyl (C=O) groups is 4. The average molecular weight is 835 g/mol. The van der Waals surface area contributed by atoms with E-state index >= 15 is 0 Å². The minimum absolute atomic E-state index is 0.120. The lowest BCUT2D eigenvalue weighted by Crippen LogP contribution is -2.51. The maximum Gasteiger partial charge on any atom is 0.407 e. The van der Waals surface area contributed by atoms with Gasteiger partial charge < -0.3 is 35.2 Å². The van der Waals surface area contributed by atoms with Crippen molar-refractivity contribution in [2.45, 2.75) is 57.7 Å². The van der Waals surface area contributed by atoms with Crippen molar-refractivity contribution in [2.24, 2.45) is 5.92 Å². The summed E-state index contributed by atoms with van der Waals surface area (Å²) in [5.74, 6) is 0.475. The fraction of sp³-hybridized carbons (Fsp3) is 0.311. The van der Waals surface area contributed by atoms with Gasteiger partial charge in [-0.05, 0) is 67.5 Å². The minimum Gasteiger partial charge on any atom is -0.465 e. The number of aromatic amines is 3. The van der Waals surface area contributed by atoms with Crippen molar-refractivity contribution >= 4 is 45.9 Å². The zero-order chi connectivity index (χ0) is 43.1. The molecule has 2 fully saturated rings. The Kier molecular flexibility index (Phi) is 10.7. The largest absolute Gasteiger partial charge is 0.465 e. The number of carboxylic acid groups (broad SMARTS) is 1. The molecule has 9 rings (SSSR count). The lowest BCUT2D eigenvalue weighted by atomic mass is 10.0. The fourth-order valence-electron chi connectivity index (χ4n) is 8.73. The molecule has 0 spiro atoms. The number of benzene rings is 3. The fourth-order valence-corrected chi connectivity index (χ4v) is 8.73. The van der Waals surface area contributed by atoms with Crippen LogP contribution in [0, 0.1) is 5.92 Å². The average Bonchev–Trinajstić information content (AvgIpc) is 4.14. The predicted octanol–water partition coefficient (Wildman–Crippen LogP) is 6.34. The first kappa shape index (κ1) is 40.0. The van der Waals surface area contributed by atoms with Gasteiger partial charge in [0.05, 0.1) is 82.7 Å². The summed E-state index contributed by atoms with van der Waals surface area (Å²) in [5.41, 5.74) is 8.44. The number of rotatable bonds is 11. The van der Waals surface area contributed by atoms with Crippen molar-refractivity contribution in [1.29, 1.82) is 0 Å². The summed E-state index contributed by atoms with van der Waals surface area (Å²) in [6.07, 6.45) is 8.86. The van der Waals surface area contributed by atoms with E-state index in [1.54, 1.807) is 52.9 Å². The van der Waals surface area contributed by atoms with Crippen LogP contribution in [0.2, 0.25) is 0 Å². The van der Waals surface area contributed by atoms with Gasteiger partial charge in [0.25, 0.3) is 5.91 Å². The molecule has 62 heavy (non-hydrogen) atoms. The Balaban J connectivity index is 0.840. The number of imidazole rings is 3. The number of nitrogens with one attached hydrogen (secondary N) is 4. The number of aromatic nitrogens is 8. The summed E-state index contributed by atoms with van der Waals surface area (Å²) in [6, 6.07) is 17.7. The highest BCUT2D eigenvalue weighted by Gasteiger charge is 2.39.